The first-order valence-corrected chi connectivity index (χ1v) is 9.79. The van der Waals surface area contributed by atoms with Gasteiger partial charge in [0.25, 0.3) is 0 Å². The van der Waals surface area contributed by atoms with E-state index in [1.807, 2.05) is 6.07 Å². The van der Waals surface area contributed by atoms with E-state index in [1.54, 1.807) is 6.20 Å². The van der Waals surface area contributed by atoms with Gasteiger partial charge in [-0.15, -0.1) is 0 Å². The monoisotopic (exact) mass is 333 g/mol. The summed E-state index contributed by atoms with van der Waals surface area (Å²) in [5, 5.41) is 6.43. The zero-order valence-electron chi connectivity index (χ0n) is 13.4. The van der Waals surface area contributed by atoms with Gasteiger partial charge in [-0.05, 0) is 35.7 Å². The molecule has 2 aromatic rings. The molecule has 1 aliphatic rings. The highest BCUT2D eigenvalue weighted by atomic mass is 32.2. The molecule has 2 heterocycles. The molecule has 0 saturated heterocycles. The molecule has 1 aliphatic heterocycles. The third kappa shape index (κ3) is 3.88. The van der Waals surface area contributed by atoms with Crippen LogP contribution in [-0.4, -0.2) is 30.1 Å². The quantitative estimate of drug-likeness (QED) is 0.880. The molecule has 5 nitrogen and oxygen atoms in total. The topological polar surface area (TPSA) is 76.3 Å². The molecule has 6 heteroatoms. The number of aromatic nitrogens is 1. The number of rotatable bonds is 6. The lowest BCUT2D eigenvalue weighted by atomic mass is 10.1. The highest BCUT2D eigenvalue weighted by Crippen LogP contribution is 2.29. The molecule has 0 spiro atoms. The Kier molecular flexibility index (Phi) is 4.66. The minimum absolute atomic E-state index is 0.0200. The van der Waals surface area contributed by atoms with Crippen molar-refractivity contribution in [2.45, 2.75) is 45.3 Å². The molecule has 1 aromatic carbocycles. The molecule has 0 radical (unpaired) electrons. The van der Waals surface area contributed by atoms with E-state index in [4.69, 9.17) is 5.14 Å². The number of pyridine rings is 1. The molecule has 0 saturated carbocycles. The van der Waals surface area contributed by atoms with E-state index in [0.717, 1.165) is 43.3 Å². The van der Waals surface area contributed by atoms with E-state index >= 15 is 0 Å². The fourth-order valence-electron chi connectivity index (χ4n) is 3.34. The maximum atomic E-state index is 11.6. The number of sulfonamides is 1. The lowest BCUT2D eigenvalue weighted by Crippen LogP contribution is -2.38. The Labute approximate surface area is 137 Å². The van der Waals surface area contributed by atoms with Crippen molar-refractivity contribution in [1.82, 2.24) is 9.88 Å². The molecule has 1 unspecified atom stereocenters. The molecule has 124 valence electrons. The third-order valence-electron chi connectivity index (χ3n) is 4.50. The van der Waals surface area contributed by atoms with Gasteiger partial charge < -0.3 is 0 Å². The van der Waals surface area contributed by atoms with Crippen LogP contribution in [0.3, 0.4) is 0 Å². The minimum Gasteiger partial charge on any atom is -0.291 e. The minimum atomic E-state index is -3.47. The van der Waals surface area contributed by atoms with Gasteiger partial charge in [0.15, 0.2) is 0 Å². The number of hydrogen-bond donors (Lipinski definition) is 1. The van der Waals surface area contributed by atoms with Crippen LogP contribution in [0.25, 0.3) is 10.9 Å². The predicted molar refractivity (Wildman–Crippen MR) is 92.3 cm³/mol. The summed E-state index contributed by atoms with van der Waals surface area (Å²) in [6.45, 7) is 3.67. The first-order valence-electron chi connectivity index (χ1n) is 8.07. The summed E-state index contributed by atoms with van der Waals surface area (Å²) in [7, 11) is -3.47. The fourth-order valence-corrected chi connectivity index (χ4v) is 4.25. The fraction of sp³-hybridized carbons (Fsp3) is 0.471. The van der Waals surface area contributed by atoms with Gasteiger partial charge in [-0.1, -0.05) is 25.8 Å². The largest absolute Gasteiger partial charge is 0.291 e. The highest BCUT2D eigenvalue weighted by molar-refractivity contribution is 7.89. The zero-order chi connectivity index (χ0) is 16.4. The number of primary sulfonamides is 1. The average Bonchev–Trinajstić information content (AvgIpc) is 2.90. The molecule has 0 fully saturated rings. The summed E-state index contributed by atoms with van der Waals surface area (Å²) >= 11 is 0. The van der Waals surface area contributed by atoms with Crippen LogP contribution in [0.15, 0.2) is 30.5 Å². The second-order valence-electron chi connectivity index (χ2n) is 6.35. The average molecular weight is 333 g/mol. The molecule has 0 aliphatic carbocycles. The lowest BCUT2D eigenvalue weighted by Gasteiger charge is -2.26. The van der Waals surface area contributed by atoms with E-state index in [0.29, 0.717) is 0 Å². The van der Waals surface area contributed by atoms with Crippen LogP contribution in [0, 0.1) is 0 Å². The van der Waals surface area contributed by atoms with Crippen molar-refractivity contribution in [3.63, 3.8) is 0 Å². The highest BCUT2D eigenvalue weighted by Gasteiger charge is 2.28. The predicted octanol–water partition coefficient (Wildman–Crippen LogP) is 2.40. The maximum Gasteiger partial charge on any atom is 0.210 e. The van der Waals surface area contributed by atoms with Gasteiger partial charge in [0.1, 0.15) is 0 Å². The number of hydrogen-bond acceptors (Lipinski definition) is 4. The van der Waals surface area contributed by atoms with Crippen molar-refractivity contribution < 1.29 is 8.42 Å². The van der Waals surface area contributed by atoms with Crippen molar-refractivity contribution >= 4 is 20.9 Å². The van der Waals surface area contributed by atoms with E-state index < -0.39 is 10.0 Å². The summed E-state index contributed by atoms with van der Waals surface area (Å²) in [5.41, 5.74) is 3.50. The Morgan fingerprint density at radius 1 is 1.30 bits per heavy atom. The summed E-state index contributed by atoms with van der Waals surface area (Å²) in [5.74, 6) is 0.0265. The Morgan fingerprint density at radius 3 is 2.74 bits per heavy atom. The molecular formula is C17H23N3O2S. The van der Waals surface area contributed by atoms with Gasteiger partial charge in [-0.3, -0.25) is 9.88 Å². The third-order valence-corrected chi connectivity index (χ3v) is 5.35. The summed E-state index contributed by atoms with van der Waals surface area (Å²) < 4.78 is 23.1. The number of nitrogens with two attached hydrogens (primary N) is 1. The number of unbranched alkanes of at least 4 members (excludes halogenated alkanes) is 1. The van der Waals surface area contributed by atoms with Crippen molar-refractivity contribution in [3.05, 3.63) is 41.6 Å². The van der Waals surface area contributed by atoms with Crippen molar-refractivity contribution in [2.75, 3.05) is 5.75 Å². The second-order valence-corrected chi connectivity index (χ2v) is 8.01. The smallest absolute Gasteiger partial charge is 0.210 e. The van der Waals surface area contributed by atoms with Gasteiger partial charge in [0.05, 0.1) is 11.3 Å². The summed E-state index contributed by atoms with van der Waals surface area (Å²) in [4.78, 5) is 6.64. The van der Waals surface area contributed by atoms with Gasteiger partial charge in [-0.25, -0.2) is 13.6 Å². The SMILES string of the molecule is CCCCC(CS(N)(=O)=O)N1Cc2cc3cccnc3cc2C1. The van der Waals surface area contributed by atoms with Gasteiger partial charge in [-0.2, -0.15) is 0 Å². The molecule has 0 bridgehead atoms. The van der Waals surface area contributed by atoms with Crippen molar-refractivity contribution in [3.8, 4) is 0 Å². The molecule has 23 heavy (non-hydrogen) atoms. The summed E-state index contributed by atoms with van der Waals surface area (Å²) in [6, 6.07) is 8.27. The van der Waals surface area contributed by atoms with Crippen LogP contribution in [0.2, 0.25) is 0 Å². The van der Waals surface area contributed by atoms with Gasteiger partial charge >= 0.3 is 0 Å². The lowest BCUT2D eigenvalue weighted by molar-refractivity contribution is 0.202. The van der Waals surface area contributed by atoms with Crippen LogP contribution >= 0.6 is 0 Å². The second kappa shape index (κ2) is 6.55. The first-order chi connectivity index (χ1) is 11.0. The van der Waals surface area contributed by atoms with E-state index in [9.17, 15) is 8.42 Å². The van der Waals surface area contributed by atoms with Crippen LogP contribution in [0.1, 0.15) is 37.3 Å². The number of fused-ring (bicyclic) bond motifs is 2. The van der Waals surface area contributed by atoms with E-state index in [1.165, 1.54) is 11.1 Å². The Morgan fingerprint density at radius 2 is 2.04 bits per heavy atom. The number of benzene rings is 1. The number of nitrogens with zero attached hydrogens (tertiary/aromatic N) is 2. The molecule has 1 aromatic heterocycles. The van der Waals surface area contributed by atoms with Crippen LogP contribution in [0.4, 0.5) is 0 Å². The summed E-state index contributed by atoms with van der Waals surface area (Å²) in [6.07, 6.45) is 4.72. The van der Waals surface area contributed by atoms with E-state index in [-0.39, 0.29) is 11.8 Å². The Hall–Kier alpha value is -1.50. The van der Waals surface area contributed by atoms with E-state index in [2.05, 4.69) is 35.0 Å². The van der Waals surface area contributed by atoms with Gasteiger partial charge in [0, 0.05) is 30.7 Å². The molecular weight excluding hydrogens is 310 g/mol. The van der Waals surface area contributed by atoms with Crippen LogP contribution in [-0.2, 0) is 23.1 Å². The zero-order valence-corrected chi connectivity index (χ0v) is 14.2. The molecule has 1 atom stereocenters. The van der Waals surface area contributed by atoms with Crippen LogP contribution in [0.5, 0.6) is 0 Å². The molecule has 3 rings (SSSR count). The van der Waals surface area contributed by atoms with Crippen LogP contribution < -0.4 is 5.14 Å². The standard InChI is InChI=1S/C17H23N3O2S/c1-2-3-6-16(12-23(18,21)22)20-10-14-8-13-5-4-7-19-17(13)9-15(14)11-20/h4-5,7-9,16H,2-3,6,10-12H2,1H3,(H2,18,21,22). The van der Waals surface area contributed by atoms with Gasteiger partial charge in [0.2, 0.25) is 10.0 Å². The maximum absolute atomic E-state index is 11.6. The first kappa shape index (κ1) is 16.4. The van der Waals surface area contributed by atoms with Crippen molar-refractivity contribution in [1.29, 1.82) is 0 Å². The Balaban J connectivity index is 1.84. The molecule has 2 N–H and O–H groups in total. The Bertz CT molecular complexity index is 760. The van der Waals surface area contributed by atoms with Crippen molar-refractivity contribution in [2.24, 2.45) is 5.14 Å². The molecule has 0 amide bonds. The normalized spacial score (nSPS) is 16.6.